The van der Waals surface area contributed by atoms with Gasteiger partial charge in [0.25, 0.3) is 0 Å². The number of rotatable bonds is 7. The summed E-state index contributed by atoms with van der Waals surface area (Å²) in [4.78, 5) is 12.3. The van der Waals surface area contributed by atoms with Crippen molar-refractivity contribution in [3.05, 3.63) is 11.4 Å². The molecule has 0 spiro atoms. The van der Waals surface area contributed by atoms with Crippen molar-refractivity contribution in [1.29, 1.82) is 0 Å². The van der Waals surface area contributed by atoms with E-state index < -0.39 is 0 Å². The molecular weight excluding hydrogens is 304 g/mol. The van der Waals surface area contributed by atoms with Crippen LogP contribution in [0, 0.1) is 19.8 Å². The van der Waals surface area contributed by atoms with Crippen LogP contribution in [0.3, 0.4) is 0 Å². The van der Waals surface area contributed by atoms with E-state index in [0.717, 1.165) is 29.4 Å². The van der Waals surface area contributed by atoms with E-state index in [1.54, 1.807) is 7.11 Å². The largest absolute Gasteiger partial charge is 0.383 e. The Hall–Kier alpha value is -1.56. The Kier molecular flexibility index (Phi) is 7.09. The molecule has 24 heavy (non-hydrogen) atoms. The summed E-state index contributed by atoms with van der Waals surface area (Å²) in [5.74, 6) is 0.759. The molecule has 0 bridgehead atoms. The van der Waals surface area contributed by atoms with Crippen LogP contribution in [0.25, 0.3) is 0 Å². The Balaban J connectivity index is 1.86. The molecule has 0 radical (unpaired) electrons. The number of aryl methyl sites for hydroxylation is 1. The number of hydrogen-bond acceptors (Lipinski definition) is 3. The smallest absolute Gasteiger partial charge is 0.319 e. The van der Waals surface area contributed by atoms with Crippen LogP contribution in [0.1, 0.15) is 56.8 Å². The third-order valence-electron chi connectivity index (χ3n) is 4.92. The van der Waals surface area contributed by atoms with E-state index in [1.165, 1.54) is 32.1 Å². The maximum Gasteiger partial charge on any atom is 0.319 e. The van der Waals surface area contributed by atoms with Crippen LogP contribution in [0.15, 0.2) is 0 Å². The summed E-state index contributed by atoms with van der Waals surface area (Å²) in [7, 11) is 1.67. The van der Waals surface area contributed by atoms with Gasteiger partial charge in [0.15, 0.2) is 0 Å². The number of carbonyl (C=O) groups excluding carboxylic acids is 1. The van der Waals surface area contributed by atoms with E-state index in [4.69, 9.17) is 4.74 Å². The first-order chi connectivity index (χ1) is 11.5. The fraction of sp³-hybridized carbons (Fsp3) is 0.778. The molecule has 1 heterocycles. The molecule has 0 saturated heterocycles. The molecule has 2 rings (SSSR count). The number of nitrogens with one attached hydrogen (secondary N) is 2. The molecule has 0 unspecified atom stereocenters. The highest BCUT2D eigenvalue weighted by Crippen LogP contribution is 2.27. The lowest BCUT2D eigenvalue weighted by Crippen LogP contribution is -2.37. The van der Waals surface area contributed by atoms with Gasteiger partial charge in [-0.3, -0.25) is 4.68 Å². The van der Waals surface area contributed by atoms with Crippen molar-refractivity contribution in [3.8, 4) is 0 Å². The summed E-state index contributed by atoms with van der Waals surface area (Å²) in [6, 6.07) is 0.0491. The highest BCUT2D eigenvalue weighted by Gasteiger charge is 2.19. The van der Waals surface area contributed by atoms with E-state index in [1.807, 2.05) is 18.5 Å². The molecule has 2 N–H and O–H groups in total. The van der Waals surface area contributed by atoms with Crippen LogP contribution in [-0.2, 0) is 11.3 Å². The summed E-state index contributed by atoms with van der Waals surface area (Å²) in [6.45, 7) is 7.26. The van der Waals surface area contributed by atoms with E-state index in [2.05, 4.69) is 22.7 Å². The Morgan fingerprint density at radius 2 is 2.04 bits per heavy atom. The standard InChI is InChI=1S/C18H32N4O2/c1-13(12-16-8-6-5-7-9-16)19-18(23)20-17-14(2)21-22(15(17)3)10-11-24-4/h13,16H,5-12H2,1-4H3,(H2,19,20,23)/t13-/m1/s1. The summed E-state index contributed by atoms with van der Waals surface area (Å²) in [5.41, 5.74) is 2.59. The lowest BCUT2D eigenvalue weighted by atomic mass is 9.85. The predicted octanol–water partition coefficient (Wildman–Crippen LogP) is 3.63. The number of methoxy groups -OCH3 is 1. The highest BCUT2D eigenvalue weighted by atomic mass is 16.5. The van der Waals surface area contributed by atoms with Gasteiger partial charge in [-0.25, -0.2) is 4.79 Å². The van der Waals surface area contributed by atoms with Gasteiger partial charge in [-0.1, -0.05) is 32.1 Å². The second-order valence-electron chi connectivity index (χ2n) is 7.00. The number of anilines is 1. The van der Waals surface area contributed by atoms with Gasteiger partial charge in [0.2, 0.25) is 0 Å². The van der Waals surface area contributed by atoms with Gasteiger partial charge in [-0.05, 0) is 33.1 Å². The SMILES string of the molecule is COCCn1nc(C)c(NC(=O)N[C@H](C)CC2CCCCC2)c1C. The molecule has 2 amide bonds. The monoisotopic (exact) mass is 336 g/mol. The second-order valence-corrected chi connectivity index (χ2v) is 7.00. The Labute approximate surface area is 145 Å². The molecule has 1 aromatic rings. The van der Waals surface area contributed by atoms with Crippen LogP contribution in [0.5, 0.6) is 0 Å². The average molecular weight is 336 g/mol. The molecule has 1 fully saturated rings. The predicted molar refractivity (Wildman–Crippen MR) is 96.4 cm³/mol. The lowest BCUT2D eigenvalue weighted by molar-refractivity contribution is 0.182. The van der Waals surface area contributed by atoms with Crippen LogP contribution >= 0.6 is 0 Å². The van der Waals surface area contributed by atoms with Gasteiger partial charge < -0.3 is 15.4 Å². The zero-order valence-electron chi connectivity index (χ0n) is 15.5. The first kappa shape index (κ1) is 18.8. The summed E-state index contributed by atoms with van der Waals surface area (Å²) >= 11 is 0. The number of ether oxygens (including phenoxy) is 1. The zero-order chi connectivity index (χ0) is 17.5. The molecule has 0 aromatic carbocycles. The Morgan fingerprint density at radius 3 is 2.71 bits per heavy atom. The highest BCUT2D eigenvalue weighted by molar-refractivity contribution is 5.90. The Morgan fingerprint density at radius 1 is 1.33 bits per heavy atom. The van der Waals surface area contributed by atoms with Crippen molar-refractivity contribution in [3.63, 3.8) is 0 Å². The fourth-order valence-electron chi connectivity index (χ4n) is 3.63. The number of nitrogens with zero attached hydrogens (tertiary/aromatic N) is 2. The second kappa shape index (κ2) is 9.06. The van der Waals surface area contributed by atoms with Crippen LogP contribution in [0.2, 0.25) is 0 Å². The quantitative estimate of drug-likeness (QED) is 0.799. The topological polar surface area (TPSA) is 68.2 Å². The zero-order valence-corrected chi connectivity index (χ0v) is 15.5. The summed E-state index contributed by atoms with van der Waals surface area (Å²) in [5, 5.41) is 10.5. The molecule has 1 saturated carbocycles. The lowest BCUT2D eigenvalue weighted by Gasteiger charge is -2.25. The first-order valence-electron chi connectivity index (χ1n) is 9.11. The van der Waals surface area contributed by atoms with E-state index in [-0.39, 0.29) is 12.1 Å². The van der Waals surface area contributed by atoms with Crippen molar-refractivity contribution >= 4 is 11.7 Å². The number of amides is 2. The summed E-state index contributed by atoms with van der Waals surface area (Å²) in [6.07, 6.45) is 7.71. The van der Waals surface area contributed by atoms with Crippen LogP contribution in [0.4, 0.5) is 10.5 Å². The average Bonchev–Trinajstić information content (AvgIpc) is 2.81. The summed E-state index contributed by atoms with van der Waals surface area (Å²) < 4.78 is 6.97. The fourth-order valence-corrected chi connectivity index (χ4v) is 3.63. The third kappa shape index (κ3) is 5.23. The van der Waals surface area contributed by atoms with Gasteiger partial charge in [0, 0.05) is 13.2 Å². The van der Waals surface area contributed by atoms with Crippen molar-refractivity contribution in [2.24, 2.45) is 5.92 Å². The van der Waals surface area contributed by atoms with E-state index in [9.17, 15) is 4.79 Å². The van der Waals surface area contributed by atoms with Crippen molar-refractivity contribution < 1.29 is 9.53 Å². The minimum atomic E-state index is -0.143. The molecule has 1 aromatic heterocycles. The number of hydrogen-bond donors (Lipinski definition) is 2. The normalized spacial score (nSPS) is 16.8. The number of urea groups is 1. The first-order valence-corrected chi connectivity index (χ1v) is 9.11. The molecule has 1 aliphatic rings. The van der Waals surface area contributed by atoms with Gasteiger partial charge in [-0.2, -0.15) is 5.10 Å². The van der Waals surface area contributed by atoms with Gasteiger partial charge in [0.05, 0.1) is 30.2 Å². The van der Waals surface area contributed by atoms with E-state index in [0.29, 0.717) is 13.2 Å². The molecular formula is C18H32N4O2. The van der Waals surface area contributed by atoms with Crippen molar-refractivity contribution in [1.82, 2.24) is 15.1 Å². The number of aromatic nitrogens is 2. The third-order valence-corrected chi connectivity index (χ3v) is 4.92. The van der Waals surface area contributed by atoms with Gasteiger partial charge >= 0.3 is 6.03 Å². The minimum absolute atomic E-state index is 0.143. The van der Waals surface area contributed by atoms with E-state index >= 15 is 0 Å². The molecule has 0 aliphatic heterocycles. The van der Waals surface area contributed by atoms with Crippen LogP contribution in [-0.4, -0.2) is 35.6 Å². The maximum absolute atomic E-state index is 12.3. The van der Waals surface area contributed by atoms with Gasteiger partial charge in [-0.15, -0.1) is 0 Å². The molecule has 136 valence electrons. The Bertz CT molecular complexity index is 535. The maximum atomic E-state index is 12.3. The molecule has 1 aliphatic carbocycles. The molecule has 6 heteroatoms. The molecule has 6 nitrogen and oxygen atoms in total. The van der Waals surface area contributed by atoms with Crippen LogP contribution < -0.4 is 10.6 Å². The minimum Gasteiger partial charge on any atom is -0.383 e. The van der Waals surface area contributed by atoms with Gasteiger partial charge in [0.1, 0.15) is 0 Å². The molecule has 1 atom stereocenters. The van der Waals surface area contributed by atoms with Crippen molar-refractivity contribution in [2.45, 2.75) is 71.9 Å². The van der Waals surface area contributed by atoms with Crippen molar-refractivity contribution in [2.75, 3.05) is 19.0 Å². The number of carbonyl (C=O) groups is 1.